The number of furan rings is 1. The van der Waals surface area contributed by atoms with Crippen molar-refractivity contribution in [3.05, 3.63) is 51.6 Å². The lowest BCUT2D eigenvalue weighted by Gasteiger charge is -2.01. The van der Waals surface area contributed by atoms with Gasteiger partial charge in [-0.05, 0) is 43.3 Å². The number of aryl methyl sites for hydroxylation is 1. The Hall–Kier alpha value is -2.04. The Morgan fingerprint density at radius 3 is 2.50 bits per heavy atom. The second-order valence-electron chi connectivity index (χ2n) is 4.66. The summed E-state index contributed by atoms with van der Waals surface area (Å²) in [6.07, 6.45) is 0. The molecule has 0 bridgehead atoms. The first kappa shape index (κ1) is 16.8. The molecule has 2 heterocycles. The van der Waals surface area contributed by atoms with Gasteiger partial charge in [0.05, 0.1) is 4.90 Å². The third-order valence-corrected chi connectivity index (χ3v) is 5.87. The van der Waals surface area contributed by atoms with E-state index in [4.69, 9.17) is 4.42 Å². The Morgan fingerprint density at radius 2 is 1.88 bits per heavy atom. The molecule has 0 fully saturated rings. The van der Waals surface area contributed by atoms with Crippen LogP contribution >= 0.6 is 27.3 Å². The van der Waals surface area contributed by atoms with Crippen molar-refractivity contribution in [3.8, 4) is 0 Å². The Morgan fingerprint density at radius 1 is 1.17 bits per heavy atom. The fraction of sp³-hybridized carbons (Fsp3) is 0.0714. The van der Waals surface area contributed by atoms with Gasteiger partial charge in [0.15, 0.2) is 5.76 Å². The van der Waals surface area contributed by atoms with Gasteiger partial charge in [0.25, 0.3) is 5.91 Å². The molecule has 0 radical (unpaired) electrons. The average Bonchev–Trinajstić information content (AvgIpc) is 3.17. The predicted molar refractivity (Wildman–Crippen MR) is 90.9 cm³/mol. The van der Waals surface area contributed by atoms with Gasteiger partial charge in [0, 0.05) is 4.47 Å². The first-order valence-electron chi connectivity index (χ1n) is 6.58. The zero-order valence-corrected chi connectivity index (χ0v) is 15.4. The molecule has 1 aromatic carbocycles. The maximum absolute atomic E-state index is 12.5. The molecule has 0 aliphatic carbocycles. The third kappa shape index (κ3) is 3.40. The van der Waals surface area contributed by atoms with Gasteiger partial charge in [-0.25, -0.2) is 8.42 Å². The van der Waals surface area contributed by atoms with E-state index in [1.165, 1.54) is 35.6 Å². The van der Waals surface area contributed by atoms with Crippen LogP contribution in [0.25, 0.3) is 0 Å². The Balaban J connectivity index is 1.84. The Bertz CT molecular complexity index is 993. The topological polar surface area (TPSA) is 102 Å². The number of nitrogens with zero attached hydrogens (tertiary/aromatic N) is 2. The van der Waals surface area contributed by atoms with Crippen LogP contribution in [0, 0.1) is 6.92 Å². The largest absolute Gasteiger partial charge is 0.439 e. The number of anilines is 1. The molecule has 2 aromatic heterocycles. The maximum Gasteiger partial charge on any atom is 0.293 e. The van der Waals surface area contributed by atoms with E-state index in [2.05, 4.69) is 31.4 Å². The smallest absolute Gasteiger partial charge is 0.293 e. The first-order chi connectivity index (χ1) is 11.4. The van der Waals surface area contributed by atoms with Crippen LogP contribution in [-0.4, -0.2) is 24.5 Å². The van der Waals surface area contributed by atoms with Crippen molar-refractivity contribution in [2.24, 2.45) is 0 Å². The van der Waals surface area contributed by atoms with E-state index in [9.17, 15) is 13.2 Å². The number of amides is 1. The van der Waals surface area contributed by atoms with Gasteiger partial charge < -0.3 is 4.42 Å². The normalized spacial score (nSPS) is 11.4. The fourth-order valence-electron chi connectivity index (χ4n) is 1.82. The molecule has 24 heavy (non-hydrogen) atoms. The van der Waals surface area contributed by atoms with Gasteiger partial charge in [-0.15, -0.1) is 10.2 Å². The minimum Gasteiger partial charge on any atom is -0.439 e. The summed E-state index contributed by atoms with van der Waals surface area (Å²) in [7, 11) is -3.83. The Kier molecular flexibility index (Phi) is 4.52. The average molecular weight is 428 g/mol. The molecule has 10 heteroatoms. The molecular weight excluding hydrogens is 418 g/mol. The number of carbonyl (C=O) groups excluding carboxylic acids is 1. The molecule has 1 amide bonds. The van der Waals surface area contributed by atoms with Crippen LogP contribution in [0.15, 0.2) is 55.3 Å². The summed E-state index contributed by atoms with van der Waals surface area (Å²) in [4.78, 5) is 12.2. The highest BCUT2D eigenvalue weighted by molar-refractivity contribution is 9.10. The van der Waals surface area contributed by atoms with Crippen LogP contribution in [0.3, 0.4) is 0 Å². The second-order valence-corrected chi connectivity index (χ2v) is 8.63. The number of sulfone groups is 1. The summed E-state index contributed by atoms with van der Waals surface area (Å²) in [5, 5.41) is 10.8. The zero-order chi connectivity index (χ0) is 17.3. The molecule has 0 spiro atoms. The lowest BCUT2D eigenvalue weighted by atomic mass is 10.4. The predicted octanol–water partition coefficient (Wildman–Crippen LogP) is 3.29. The maximum atomic E-state index is 12.5. The second kappa shape index (κ2) is 6.46. The van der Waals surface area contributed by atoms with Crippen molar-refractivity contribution in [1.29, 1.82) is 0 Å². The highest BCUT2D eigenvalue weighted by Gasteiger charge is 2.24. The summed E-state index contributed by atoms with van der Waals surface area (Å²) in [6, 6.07) is 8.67. The minimum absolute atomic E-state index is 0.0757. The molecule has 124 valence electrons. The number of halogens is 1. The lowest BCUT2D eigenvalue weighted by Crippen LogP contribution is -2.10. The molecule has 0 saturated heterocycles. The van der Waals surface area contributed by atoms with Gasteiger partial charge in [0.2, 0.25) is 20.1 Å². The van der Waals surface area contributed by atoms with E-state index in [0.717, 1.165) is 4.47 Å². The number of rotatable bonds is 4. The molecule has 1 N–H and O–H groups in total. The summed E-state index contributed by atoms with van der Waals surface area (Å²) in [5.74, 6) is -0.720. The Labute approximate surface area is 149 Å². The summed E-state index contributed by atoms with van der Waals surface area (Å²) >= 11 is 4.45. The standard InChI is InChI=1S/C14H10BrN3O4S2/c1-8-17-18-14(23-8)16-13(19)11-6-7-12(22-11)24(20,21)10-4-2-9(15)3-5-10/h2-7H,1H3,(H,16,18,19). The minimum atomic E-state index is -3.83. The fourth-order valence-corrected chi connectivity index (χ4v) is 3.85. The molecule has 0 unspecified atom stereocenters. The van der Waals surface area contributed by atoms with Gasteiger partial charge in [0.1, 0.15) is 5.01 Å². The van der Waals surface area contributed by atoms with Crippen LogP contribution in [0.4, 0.5) is 5.13 Å². The molecular formula is C14H10BrN3O4S2. The van der Waals surface area contributed by atoms with Crippen molar-refractivity contribution in [1.82, 2.24) is 10.2 Å². The van der Waals surface area contributed by atoms with Gasteiger partial charge >= 0.3 is 0 Å². The van der Waals surface area contributed by atoms with E-state index in [0.29, 0.717) is 10.1 Å². The van der Waals surface area contributed by atoms with Crippen molar-refractivity contribution in [2.45, 2.75) is 16.9 Å². The van der Waals surface area contributed by atoms with Crippen LogP contribution in [0.5, 0.6) is 0 Å². The van der Waals surface area contributed by atoms with Crippen molar-refractivity contribution in [2.75, 3.05) is 5.32 Å². The van der Waals surface area contributed by atoms with Gasteiger partial charge in [-0.3, -0.25) is 10.1 Å². The van der Waals surface area contributed by atoms with E-state index in [1.807, 2.05) is 0 Å². The van der Waals surface area contributed by atoms with E-state index < -0.39 is 15.7 Å². The summed E-state index contributed by atoms with van der Waals surface area (Å²) in [6.45, 7) is 1.75. The SMILES string of the molecule is Cc1nnc(NC(=O)c2ccc(S(=O)(=O)c3ccc(Br)cc3)o2)s1. The number of hydrogen-bond acceptors (Lipinski definition) is 7. The van der Waals surface area contributed by atoms with E-state index >= 15 is 0 Å². The number of carbonyl (C=O) groups is 1. The highest BCUT2D eigenvalue weighted by atomic mass is 79.9. The highest BCUT2D eigenvalue weighted by Crippen LogP contribution is 2.25. The molecule has 0 atom stereocenters. The number of hydrogen-bond donors (Lipinski definition) is 1. The summed E-state index contributed by atoms with van der Waals surface area (Å²) in [5.41, 5.74) is 0. The quantitative estimate of drug-likeness (QED) is 0.684. The number of aromatic nitrogens is 2. The van der Waals surface area contributed by atoms with E-state index in [-0.39, 0.29) is 15.7 Å². The molecule has 0 saturated carbocycles. The molecule has 3 rings (SSSR count). The number of benzene rings is 1. The van der Waals surface area contributed by atoms with Crippen molar-refractivity contribution < 1.29 is 17.6 Å². The lowest BCUT2D eigenvalue weighted by molar-refractivity contribution is 0.0991. The zero-order valence-electron chi connectivity index (χ0n) is 12.2. The molecule has 3 aromatic rings. The van der Waals surface area contributed by atoms with Crippen molar-refractivity contribution in [3.63, 3.8) is 0 Å². The van der Waals surface area contributed by atoms with E-state index in [1.54, 1.807) is 19.1 Å². The summed E-state index contributed by atoms with van der Waals surface area (Å²) < 4.78 is 30.9. The third-order valence-electron chi connectivity index (χ3n) is 2.94. The van der Waals surface area contributed by atoms with Gasteiger partial charge in [-0.1, -0.05) is 27.3 Å². The monoisotopic (exact) mass is 427 g/mol. The molecule has 7 nitrogen and oxygen atoms in total. The first-order valence-corrected chi connectivity index (χ1v) is 9.67. The van der Waals surface area contributed by atoms with Gasteiger partial charge in [-0.2, -0.15) is 0 Å². The van der Waals surface area contributed by atoms with Crippen molar-refractivity contribution >= 4 is 48.1 Å². The van der Waals surface area contributed by atoms with Crippen LogP contribution in [0.1, 0.15) is 15.6 Å². The van der Waals surface area contributed by atoms with Crippen LogP contribution in [-0.2, 0) is 9.84 Å². The molecule has 0 aliphatic heterocycles. The molecule has 0 aliphatic rings. The van der Waals surface area contributed by atoms with Crippen LogP contribution < -0.4 is 5.32 Å². The van der Waals surface area contributed by atoms with Crippen LogP contribution in [0.2, 0.25) is 0 Å². The number of nitrogens with one attached hydrogen (secondary N) is 1.